The van der Waals surface area contributed by atoms with Gasteiger partial charge in [0.25, 0.3) is 0 Å². The topological polar surface area (TPSA) is 35.2 Å². The fourth-order valence-electron chi connectivity index (χ4n) is 1.78. The molecule has 106 valence electrons. The van der Waals surface area contributed by atoms with E-state index < -0.39 is 0 Å². The van der Waals surface area contributed by atoms with Crippen LogP contribution in [0.3, 0.4) is 0 Å². The summed E-state index contributed by atoms with van der Waals surface area (Å²) in [6.45, 7) is 1.95. The zero-order valence-corrected chi connectivity index (χ0v) is 12.4. The fraction of sp³-hybridized carbons (Fsp3) is 0.200. The molecular formula is C15H14Cl2FNO. The molecule has 0 aliphatic heterocycles. The average Bonchev–Trinajstić information content (AvgIpc) is 2.39. The van der Waals surface area contributed by atoms with Crippen LogP contribution < -0.4 is 10.5 Å². The summed E-state index contributed by atoms with van der Waals surface area (Å²) in [5.74, 6) is 0.0395. The molecule has 2 nitrogen and oxygen atoms in total. The Morgan fingerprint density at radius 1 is 1.20 bits per heavy atom. The molecule has 0 aromatic heterocycles. The largest absolute Gasteiger partial charge is 0.489 e. The molecule has 2 N–H and O–H groups in total. The van der Waals surface area contributed by atoms with Crippen LogP contribution in [0.5, 0.6) is 5.75 Å². The summed E-state index contributed by atoms with van der Waals surface area (Å²) >= 11 is 11.9. The highest BCUT2D eigenvalue weighted by molar-refractivity contribution is 6.33. The second kappa shape index (κ2) is 6.44. The van der Waals surface area contributed by atoms with E-state index in [1.165, 1.54) is 6.07 Å². The molecule has 1 atom stereocenters. The standard InChI is InChI=1S/C15H14Cl2FNO/c1-9(19)13-4-3-12(7-15(13)18)20-8-10-6-11(16)2-5-14(10)17/h2-7,9H,8,19H2,1H3/t9-/m0/s1. The van der Waals surface area contributed by atoms with Gasteiger partial charge in [-0.05, 0) is 31.2 Å². The molecule has 2 aromatic carbocycles. The number of hydrogen-bond acceptors (Lipinski definition) is 2. The Balaban J connectivity index is 2.11. The number of hydrogen-bond donors (Lipinski definition) is 1. The van der Waals surface area contributed by atoms with E-state index in [1.54, 1.807) is 37.3 Å². The van der Waals surface area contributed by atoms with Gasteiger partial charge in [0, 0.05) is 33.3 Å². The smallest absolute Gasteiger partial charge is 0.131 e. The lowest BCUT2D eigenvalue weighted by Gasteiger charge is -2.11. The van der Waals surface area contributed by atoms with E-state index in [0.717, 1.165) is 5.56 Å². The van der Waals surface area contributed by atoms with Gasteiger partial charge in [0.2, 0.25) is 0 Å². The molecular weight excluding hydrogens is 300 g/mol. The van der Waals surface area contributed by atoms with Crippen LogP contribution in [0.4, 0.5) is 4.39 Å². The second-order valence-electron chi connectivity index (χ2n) is 4.50. The molecule has 0 heterocycles. The van der Waals surface area contributed by atoms with Crippen molar-refractivity contribution in [3.8, 4) is 5.75 Å². The summed E-state index contributed by atoms with van der Waals surface area (Å²) < 4.78 is 19.3. The Morgan fingerprint density at radius 2 is 1.95 bits per heavy atom. The molecule has 2 rings (SSSR count). The van der Waals surface area contributed by atoms with Gasteiger partial charge in [-0.25, -0.2) is 4.39 Å². The van der Waals surface area contributed by atoms with Crippen molar-refractivity contribution in [1.82, 2.24) is 0 Å². The van der Waals surface area contributed by atoms with Crippen molar-refractivity contribution in [1.29, 1.82) is 0 Å². The quantitative estimate of drug-likeness (QED) is 0.885. The Labute approximate surface area is 127 Å². The van der Waals surface area contributed by atoms with Crippen LogP contribution in [0.25, 0.3) is 0 Å². The third kappa shape index (κ3) is 3.63. The van der Waals surface area contributed by atoms with Crippen LogP contribution >= 0.6 is 23.2 Å². The summed E-state index contributed by atoms with van der Waals surface area (Å²) in [6.07, 6.45) is 0. The van der Waals surface area contributed by atoms with Crippen molar-refractivity contribution in [2.75, 3.05) is 0 Å². The highest BCUT2D eigenvalue weighted by atomic mass is 35.5. The summed E-state index contributed by atoms with van der Waals surface area (Å²) in [5.41, 5.74) is 6.86. The number of nitrogens with two attached hydrogens (primary N) is 1. The van der Waals surface area contributed by atoms with Gasteiger partial charge in [0.15, 0.2) is 0 Å². The minimum Gasteiger partial charge on any atom is -0.489 e. The van der Waals surface area contributed by atoms with Gasteiger partial charge in [0.05, 0.1) is 0 Å². The van der Waals surface area contributed by atoms with E-state index in [0.29, 0.717) is 21.4 Å². The van der Waals surface area contributed by atoms with E-state index in [9.17, 15) is 4.39 Å². The molecule has 0 radical (unpaired) electrons. The van der Waals surface area contributed by atoms with Gasteiger partial charge < -0.3 is 10.5 Å². The van der Waals surface area contributed by atoms with Crippen LogP contribution in [-0.2, 0) is 6.61 Å². The van der Waals surface area contributed by atoms with Crippen LogP contribution in [0.15, 0.2) is 36.4 Å². The first-order valence-electron chi connectivity index (χ1n) is 6.09. The molecule has 0 saturated heterocycles. The molecule has 0 amide bonds. The summed E-state index contributed by atoms with van der Waals surface area (Å²) in [4.78, 5) is 0. The summed E-state index contributed by atoms with van der Waals surface area (Å²) in [7, 11) is 0. The van der Waals surface area contributed by atoms with Crippen LogP contribution in [-0.4, -0.2) is 0 Å². The minimum atomic E-state index is -0.380. The third-order valence-corrected chi connectivity index (χ3v) is 3.47. The number of benzene rings is 2. The second-order valence-corrected chi connectivity index (χ2v) is 5.34. The van der Waals surface area contributed by atoms with Crippen molar-refractivity contribution >= 4 is 23.2 Å². The Morgan fingerprint density at radius 3 is 2.60 bits per heavy atom. The maximum Gasteiger partial charge on any atom is 0.131 e. The summed E-state index contributed by atoms with van der Waals surface area (Å²) in [6, 6.07) is 9.38. The summed E-state index contributed by atoms with van der Waals surface area (Å²) in [5, 5.41) is 1.13. The first-order valence-corrected chi connectivity index (χ1v) is 6.84. The lowest BCUT2D eigenvalue weighted by molar-refractivity contribution is 0.304. The predicted octanol–water partition coefficient (Wildman–Crippen LogP) is 4.73. The van der Waals surface area contributed by atoms with Gasteiger partial charge in [-0.1, -0.05) is 29.3 Å². The highest BCUT2D eigenvalue weighted by Gasteiger charge is 2.09. The Hall–Kier alpha value is -1.29. The first-order chi connectivity index (χ1) is 9.47. The molecule has 0 unspecified atom stereocenters. The number of rotatable bonds is 4. The first kappa shape index (κ1) is 15.1. The van der Waals surface area contributed by atoms with E-state index in [1.807, 2.05) is 0 Å². The maximum absolute atomic E-state index is 13.8. The van der Waals surface area contributed by atoms with Crippen molar-refractivity contribution in [2.45, 2.75) is 19.6 Å². The SMILES string of the molecule is C[C@H](N)c1ccc(OCc2cc(Cl)ccc2Cl)cc1F. The monoisotopic (exact) mass is 313 g/mol. The third-order valence-electron chi connectivity index (χ3n) is 2.86. The van der Waals surface area contributed by atoms with Gasteiger partial charge in [-0.2, -0.15) is 0 Å². The van der Waals surface area contributed by atoms with E-state index in [2.05, 4.69) is 0 Å². The van der Waals surface area contributed by atoms with E-state index >= 15 is 0 Å². The van der Waals surface area contributed by atoms with Crippen molar-refractivity contribution in [2.24, 2.45) is 5.73 Å². The van der Waals surface area contributed by atoms with Gasteiger partial charge in [0.1, 0.15) is 18.2 Å². The highest BCUT2D eigenvalue weighted by Crippen LogP contribution is 2.24. The van der Waals surface area contributed by atoms with E-state index in [4.69, 9.17) is 33.7 Å². The molecule has 0 bridgehead atoms. The van der Waals surface area contributed by atoms with Crippen LogP contribution in [0, 0.1) is 5.82 Å². The lowest BCUT2D eigenvalue weighted by atomic mass is 10.1. The maximum atomic E-state index is 13.8. The lowest BCUT2D eigenvalue weighted by Crippen LogP contribution is -2.07. The average molecular weight is 314 g/mol. The van der Waals surface area contributed by atoms with Gasteiger partial charge in [-0.15, -0.1) is 0 Å². The van der Waals surface area contributed by atoms with E-state index in [-0.39, 0.29) is 18.5 Å². The van der Waals surface area contributed by atoms with Gasteiger partial charge >= 0.3 is 0 Å². The van der Waals surface area contributed by atoms with Crippen molar-refractivity contribution < 1.29 is 9.13 Å². The molecule has 0 fully saturated rings. The Kier molecular flexibility index (Phi) is 4.86. The normalized spacial score (nSPS) is 12.2. The number of ether oxygens (including phenoxy) is 1. The molecule has 2 aromatic rings. The number of halogens is 3. The zero-order valence-electron chi connectivity index (χ0n) is 10.9. The van der Waals surface area contributed by atoms with Gasteiger partial charge in [-0.3, -0.25) is 0 Å². The fourth-order valence-corrected chi connectivity index (χ4v) is 2.15. The van der Waals surface area contributed by atoms with Crippen LogP contribution in [0.2, 0.25) is 10.0 Å². The molecule has 0 aliphatic rings. The van der Waals surface area contributed by atoms with Crippen LogP contribution in [0.1, 0.15) is 24.1 Å². The molecule has 0 aliphatic carbocycles. The Bertz CT molecular complexity index is 617. The molecule has 20 heavy (non-hydrogen) atoms. The molecule has 0 spiro atoms. The molecule has 0 saturated carbocycles. The minimum absolute atomic E-state index is 0.219. The predicted molar refractivity (Wildman–Crippen MR) is 79.8 cm³/mol. The van der Waals surface area contributed by atoms with Crippen molar-refractivity contribution in [3.05, 3.63) is 63.4 Å². The van der Waals surface area contributed by atoms with Crippen molar-refractivity contribution in [3.63, 3.8) is 0 Å². The zero-order chi connectivity index (χ0) is 14.7. The molecule has 5 heteroatoms.